The summed E-state index contributed by atoms with van der Waals surface area (Å²) in [4.78, 5) is 29.9. The topological polar surface area (TPSA) is 181 Å². The van der Waals surface area contributed by atoms with Gasteiger partial charge in [-0.15, -0.1) is 0 Å². The van der Waals surface area contributed by atoms with E-state index in [1.807, 2.05) is 31.2 Å². The first kappa shape index (κ1) is 26.4. The van der Waals surface area contributed by atoms with Crippen LogP contribution in [0.4, 0.5) is 0 Å². The number of nitrogens with two attached hydrogens (primary N) is 1. The highest BCUT2D eigenvalue weighted by Gasteiger charge is 2.38. The van der Waals surface area contributed by atoms with E-state index in [1.54, 1.807) is 6.07 Å². The minimum absolute atomic E-state index is 0.00623. The Bertz CT molecular complexity index is 1440. The Balaban J connectivity index is 1.61. The molecule has 2 aromatic carbocycles. The van der Waals surface area contributed by atoms with Gasteiger partial charge in [-0.25, -0.2) is 13.2 Å². The maximum absolute atomic E-state index is 13.5. The molecule has 0 unspecified atom stereocenters. The molecule has 3 atom stereocenters. The summed E-state index contributed by atoms with van der Waals surface area (Å²) in [6, 6.07) is 10.2. The van der Waals surface area contributed by atoms with Crippen LogP contribution in [-0.4, -0.2) is 66.4 Å². The molecule has 0 radical (unpaired) electrons. The number of aromatic amines is 1. The van der Waals surface area contributed by atoms with Gasteiger partial charge in [0, 0.05) is 34.9 Å². The molecule has 1 aliphatic heterocycles. The van der Waals surface area contributed by atoms with Gasteiger partial charge in [-0.2, -0.15) is 4.72 Å². The van der Waals surface area contributed by atoms with Gasteiger partial charge < -0.3 is 26.0 Å². The van der Waals surface area contributed by atoms with Crippen LogP contribution in [-0.2, 0) is 19.6 Å². The number of para-hydroxylation sites is 1. The fourth-order valence-electron chi connectivity index (χ4n) is 4.86. The maximum Gasteiger partial charge on any atom is 0.326 e. The van der Waals surface area contributed by atoms with Gasteiger partial charge in [0.25, 0.3) is 0 Å². The third-order valence-corrected chi connectivity index (χ3v) is 8.27. The average molecular weight is 529 g/mol. The van der Waals surface area contributed by atoms with E-state index in [0.717, 1.165) is 16.3 Å². The molecular weight excluding hydrogens is 496 g/mol. The van der Waals surface area contributed by atoms with Crippen molar-refractivity contribution in [3.05, 3.63) is 42.5 Å². The van der Waals surface area contributed by atoms with Gasteiger partial charge in [0.05, 0.1) is 4.90 Å². The molecule has 0 saturated carbocycles. The zero-order valence-corrected chi connectivity index (χ0v) is 21.3. The molecule has 7 N–H and O–H groups in total. The van der Waals surface area contributed by atoms with E-state index >= 15 is 0 Å². The zero-order chi connectivity index (χ0) is 26.7. The van der Waals surface area contributed by atoms with Crippen LogP contribution >= 0.6 is 0 Å². The number of sulfonamides is 1. The van der Waals surface area contributed by atoms with Crippen molar-refractivity contribution in [1.82, 2.24) is 19.9 Å². The van der Waals surface area contributed by atoms with Crippen molar-refractivity contribution in [2.24, 2.45) is 11.7 Å². The first-order chi connectivity index (χ1) is 17.6. The lowest BCUT2D eigenvalue weighted by Crippen LogP contribution is -2.56. The van der Waals surface area contributed by atoms with Gasteiger partial charge in [-0.1, -0.05) is 31.2 Å². The number of hydrogen-bond acceptors (Lipinski definition) is 5. The quantitative estimate of drug-likeness (QED) is 0.139. The van der Waals surface area contributed by atoms with E-state index in [1.165, 1.54) is 17.0 Å². The van der Waals surface area contributed by atoms with Crippen LogP contribution in [0.3, 0.4) is 0 Å². The summed E-state index contributed by atoms with van der Waals surface area (Å²) in [5.41, 5.74) is 6.85. The number of benzene rings is 2. The Morgan fingerprint density at radius 3 is 2.68 bits per heavy atom. The molecule has 1 aromatic heterocycles. The van der Waals surface area contributed by atoms with E-state index in [4.69, 9.17) is 11.1 Å². The Morgan fingerprint density at radius 1 is 1.22 bits per heavy atom. The molecule has 1 amide bonds. The smallest absolute Gasteiger partial charge is 0.326 e. The third kappa shape index (κ3) is 5.86. The van der Waals surface area contributed by atoms with Crippen molar-refractivity contribution < 1.29 is 23.1 Å². The highest BCUT2D eigenvalue weighted by atomic mass is 32.2. The van der Waals surface area contributed by atoms with Crippen molar-refractivity contribution in [2.45, 2.75) is 49.6 Å². The number of aliphatic carboxylic acids is 1. The van der Waals surface area contributed by atoms with E-state index < -0.39 is 34.0 Å². The second kappa shape index (κ2) is 10.8. The molecule has 1 aliphatic rings. The summed E-state index contributed by atoms with van der Waals surface area (Å²) in [5.74, 6) is -1.77. The number of carbonyl (C=O) groups is 2. The van der Waals surface area contributed by atoms with Crippen LogP contribution in [0.5, 0.6) is 0 Å². The summed E-state index contributed by atoms with van der Waals surface area (Å²) in [7, 11) is -4.13. The minimum Gasteiger partial charge on any atom is -0.480 e. The standard InChI is InChI=1S/C25H32N6O5S/c1-15-10-12-31(22(13-15)24(33)34)23(32)20(7-4-11-28-25(26)27)30-37(35,36)16-8-9-18-17-5-2-3-6-19(17)29-21(18)14-16/h2-3,5-6,8-9,14-15,20,22,29-30H,4,7,10-13H2,1H3,(H,33,34)(H4,26,27,28)/t15-,20+,22-/m1/s1. The normalized spacial score (nSPS) is 19.1. The summed E-state index contributed by atoms with van der Waals surface area (Å²) in [5, 5.41) is 21.5. The Kier molecular flexibility index (Phi) is 7.69. The monoisotopic (exact) mass is 528 g/mol. The number of rotatable bonds is 9. The number of nitrogens with zero attached hydrogens (tertiary/aromatic N) is 1. The molecule has 0 bridgehead atoms. The van der Waals surface area contributed by atoms with Crippen molar-refractivity contribution in [1.29, 1.82) is 5.41 Å². The first-order valence-electron chi connectivity index (χ1n) is 12.2. The lowest BCUT2D eigenvalue weighted by atomic mass is 9.91. The number of guanidine groups is 1. The summed E-state index contributed by atoms with van der Waals surface area (Å²) in [6.45, 7) is 2.44. The van der Waals surface area contributed by atoms with Crippen molar-refractivity contribution in [2.75, 3.05) is 13.1 Å². The lowest BCUT2D eigenvalue weighted by Gasteiger charge is -2.38. The summed E-state index contributed by atoms with van der Waals surface area (Å²) in [6.07, 6.45) is 1.38. The second-order valence-corrected chi connectivity index (χ2v) is 11.3. The average Bonchev–Trinajstić information content (AvgIpc) is 3.23. The van der Waals surface area contributed by atoms with Crippen LogP contribution < -0.4 is 15.8 Å². The van der Waals surface area contributed by atoms with Gasteiger partial charge in [0.2, 0.25) is 15.9 Å². The number of carboxylic acids is 1. The predicted octanol–water partition coefficient (Wildman–Crippen LogP) is 1.94. The molecule has 1 saturated heterocycles. The Morgan fingerprint density at radius 2 is 1.95 bits per heavy atom. The fraction of sp³-hybridized carbons (Fsp3) is 0.400. The molecule has 0 spiro atoms. The van der Waals surface area contributed by atoms with E-state index in [2.05, 4.69) is 15.0 Å². The number of fused-ring (bicyclic) bond motifs is 3. The molecule has 37 heavy (non-hydrogen) atoms. The molecule has 3 aromatic rings. The number of aromatic nitrogens is 1. The van der Waals surface area contributed by atoms with E-state index in [9.17, 15) is 23.1 Å². The number of nitrogens with one attached hydrogen (secondary N) is 4. The van der Waals surface area contributed by atoms with E-state index in [0.29, 0.717) is 24.8 Å². The predicted molar refractivity (Wildman–Crippen MR) is 141 cm³/mol. The molecule has 11 nitrogen and oxygen atoms in total. The van der Waals surface area contributed by atoms with Crippen LogP contribution in [0.25, 0.3) is 21.8 Å². The molecule has 198 valence electrons. The van der Waals surface area contributed by atoms with Gasteiger partial charge in [-0.05, 0) is 49.8 Å². The highest BCUT2D eigenvalue weighted by Crippen LogP contribution is 2.28. The van der Waals surface area contributed by atoms with Crippen LogP contribution in [0.15, 0.2) is 47.4 Å². The molecule has 2 heterocycles. The van der Waals surface area contributed by atoms with Gasteiger partial charge in [0.1, 0.15) is 12.1 Å². The Labute approximate surface area is 215 Å². The molecular formula is C25H32N6O5S. The first-order valence-corrected chi connectivity index (χ1v) is 13.7. The molecule has 0 aliphatic carbocycles. The van der Waals surface area contributed by atoms with Gasteiger partial charge >= 0.3 is 5.97 Å². The lowest BCUT2D eigenvalue weighted by molar-refractivity contribution is -0.153. The van der Waals surface area contributed by atoms with Crippen LogP contribution in [0.2, 0.25) is 0 Å². The molecule has 4 rings (SSSR count). The van der Waals surface area contributed by atoms with Crippen LogP contribution in [0, 0.1) is 11.3 Å². The Hall–Kier alpha value is -3.64. The highest BCUT2D eigenvalue weighted by molar-refractivity contribution is 7.89. The van der Waals surface area contributed by atoms with Crippen molar-refractivity contribution in [3.63, 3.8) is 0 Å². The minimum atomic E-state index is -4.13. The fourth-order valence-corrected chi connectivity index (χ4v) is 6.11. The van der Waals surface area contributed by atoms with Crippen molar-refractivity contribution in [3.8, 4) is 0 Å². The summed E-state index contributed by atoms with van der Waals surface area (Å²) >= 11 is 0. The number of hydrogen-bond donors (Lipinski definition) is 6. The van der Waals surface area contributed by atoms with Gasteiger partial charge in [0.15, 0.2) is 5.96 Å². The third-order valence-electron chi connectivity index (χ3n) is 6.80. The largest absolute Gasteiger partial charge is 0.480 e. The van der Waals surface area contributed by atoms with Gasteiger partial charge in [-0.3, -0.25) is 10.2 Å². The SMILES string of the molecule is C[C@@H]1CCN(C(=O)[C@H](CCCNC(=N)N)NS(=O)(=O)c2ccc3c(c2)[nH]c2ccccc23)[C@@H](C(=O)O)C1. The number of piperidine rings is 1. The van der Waals surface area contributed by atoms with Crippen molar-refractivity contribution >= 4 is 49.7 Å². The zero-order valence-electron chi connectivity index (χ0n) is 20.5. The molecule has 1 fully saturated rings. The number of amides is 1. The number of likely N-dealkylation sites (tertiary alicyclic amines) is 1. The second-order valence-electron chi connectivity index (χ2n) is 9.55. The number of H-pyrrole nitrogens is 1. The maximum atomic E-state index is 13.5. The van der Waals surface area contributed by atoms with Crippen LogP contribution in [0.1, 0.15) is 32.6 Å². The molecule has 12 heteroatoms. The number of carboxylic acid groups (broad SMARTS) is 1. The summed E-state index contributed by atoms with van der Waals surface area (Å²) < 4.78 is 29.4. The number of carbonyl (C=O) groups excluding carboxylic acids is 1. The van der Waals surface area contributed by atoms with E-state index in [-0.39, 0.29) is 36.3 Å².